The Bertz CT molecular complexity index is 460. The molecule has 0 radical (unpaired) electrons. The normalized spacial score (nSPS) is 10.2. The van der Waals surface area contributed by atoms with Crippen molar-refractivity contribution in [1.82, 2.24) is 5.32 Å². The summed E-state index contributed by atoms with van der Waals surface area (Å²) >= 11 is 0. The lowest BCUT2D eigenvalue weighted by molar-refractivity contribution is 0.363. The van der Waals surface area contributed by atoms with E-state index in [4.69, 9.17) is 9.15 Å². The van der Waals surface area contributed by atoms with E-state index in [1.165, 1.54) is 5.56 Å². The highest BCUT2D eigenvalue weighted by molar-refractivity contribution is 5.27. The van der Waals surface area contributed by atoms with Crippen LogP contribution < -0.4 is 10.1 Å². The van der Waals surface area contributed by atoms with Crippen LogP contribution in [0.25, 0.3) is 0 Å². The van der Waals surface area contributed by atoms with Gasteiger partial charge in [0, 0.05) is 6.54 Å². The minimum Gasteiger partial charge on any atom is -0.490 e. The summed E-state index contributed by atoms with van der Waals surface area (Å²) in [5, 5.41) is 3.32. The van der Waals surface area contributed by atoms with Crippen molar-refractivity contribution >= 4 is 0 Å². The summed E-state index contributed by atoms with van der Waals surface area (Å²) in [7, 11) is 0. The Kier molecular flexibility index (Phi) is 4.61. The zero-order valence-corrected chi connectivity index (χ0v) is 10.3. The smallest absolute Gasteiger partial charge is 0.119 e. The molecule has 2 aromatic rings. The fraction of sp³-hybridized carbons (Fsp3) is 0.200. The lowest BCUT2D eigenvalue weighted by Crippen LogP contribution is -2.11. The largest absolute Gasteiger partial charge is 0.490 e. The second-order valence-corrected chi connectivity index (χ2v) is 3.93. The summed E-state index contributed by atoms with van der Waals surface area (Å²) in [6.45, 7) is 5.70. The topological polar surface area (TPSA) is 34.4 Å². The van der Waals surface area contributed by atoms with Crippen LogP contribution in [0.2, 0.25) is 0 Å². The van der Waals surface area contributed by atoms with Crippen LogP contribution in [-0.4, -0.2) is 6.61 Å². The van der Waals surface area contributed by atoms with Gasteiger partial charge < -0.3 is 14.5 Å². The number of nitrogens with one attached hydrogen (secondary N) is 1. The summed E-state index contributed by atoms with van der Waals surface area (Å²) < 4.78 is 10.7. The predicted octanol–water partition coefficient (Wildman–Crippen LogP) is 3.13. The Balaban J connectivity index is 1.77. The summed E-state index contributed by atoms with van der Waals surface area (Å²) in [5.74, 6) is 1.81. The van der Waals surface area contributed by atoms with Crippen LogP contribution in [0.3, 0.4) is 0 Å². The molecule has 1 N–H and O–H groups in total. The third kappa shape index (κ3) is 3.79. The van der Waals surface area contributed by atoms with E-state index in [0.717, 1.165) is 24.6 Å². The number of benzene rings is 1. The van der Waals surface area contributed by atoms with Crippen molar-refractivity contribution in [2.75, 3.05) is 6.61 Å². The second kappa shape index (κ2) is 6.67. The Hall–Kier alpha value is -2.00. The van der Waals surface area contributed by atoms with Gasteiger partial charge in [0.2, 0.25) is 0 Å². The maximum absolute atomic E-state index is 5.42. The summed E-state index contributed by atoms with van der Waals surface area (Å²) in [4.78, 5) is 0. The average Bonchev–Trinajstić information content (AvgIpc) is 2.91. The third-order valence-electron chi connectivity index (χ3n) is 2.50. The van der Waals surface area contributed by atoms with E-state index in [9.17, 15) is 0 Å². The van der Waals surface area contributed by atoms with E-state index in [1.54, 1.807) is 12.3 Å². The Morgan fingerprint density at radius 1 is 1.17 bits per heavy atom. The van der Waals surface area contributed by atoms with Gasteiger partial charge in [-0.15, -0.1) is 0 Å². The highest BCUT2D eigenvalue weighted by Crippen LogP contribution is 2.12. The molecule has 0 aliphatic rings. The zero-order valence-electron chi connectivity index (χ0n) is 10.3. The van der Waals surface area contributed by atoms with E-state index < -0.39 is 0 Å². The molecule has 1 heterocycles. The summed E-state index contributed by atoms with van der Waals surface area (Å²) in [6, 6.07) is 11.9. The molecule has 0 bridgehead atoms. The van der Waals surface area contributed by atoms with E-state index >= 15 is 0 Å². The lowest BCUT2D eigenvalue weighted by atomic mass is 10.2. The van der Waals surface area contributed by atoms with Crippen molar-refractivity contribution in [3.05, 3.63) is 66.6 Å². The first-order valence-electron chi connectivity index (χ1n) is 5.94. The van der Waals surface area contributed by atoms with Gasteiger partial charge in [-0.05, 0) is 29.8 Å². The number of hydrogen-bond acceptors (Lipinski definition) is 3. The number of ether oxygens (including phenoxy) is 1. The van der Waals surface area contributed by atoms with Crippen molar-refractivity contribution in [2.24, 2.45) is 0 Å². The molecular formula is C15H17NO2. The SMILES string of the molecule is C=CCOc1ccc(CNCc2ccco2)cc1. The highest BCUT2D eigenvalue weighted by Gasteiger charge is 1.97. The molecule has 0 aliphatic carbocycles. The molecule has 0 unspecified atom stereocenters. The van der Waals surface area contributed by atoms with E-state index in [2.05, 4.69) is 11.9 Å². The van der Waals surface area contributed by atoms with Crippen molar-refractivity contribution < 1.29 is 9.15 Å². The number of furan rings is 1. The third-order valence-corrected chi connectivity index (χ3v) is 2.50. The fourth-order valence-electron chi connectivity index (χ4n) is 1.60. The first-order valence-corrected chi connectivity index (χ1v) is 5.94. The second-order valence-electron chi connectivity index (χ2n) is 3.93. The minimum atomic E-state index is 0.538. The molecule has 0 aliphatic heterocycles. The molecule has 0 saturated carbocycles. The molecule has 94 valence electrons. The molecular weight excluding hydrogens is 226 g/mol. The van der Waals surface area contributed by atoms with Crippen LogP contribution in [0.1, 0.15) is 11.3 Å². The van der Waals surface area contributed by atoms with Gasteiger partial charge in [-0.1, -0.05) is 24.8 Å². The van der Waals surface area contributed by atoms with Gasteiger partial charge in [-0.2, -0.15) is 0 Å². The van der Waals surface area contributed by atoms with E-state index in [1.807, 2.05) is 36.4 Å². The van der Waals surface area contributed by atoms with Gasteiger partial charge in [0.1, 0.15) is 18.1 Å². The minimum absolute atomic E-state index is 0.538. The maximum atomic E-state index is 5.42. The van der Waals surface area contributed by atoms with Gasteiger partial charge in [-0.25, -0.2) is 0 Å². The molecule has 3 heteroatoms. The van der Waals surface area contributed by atoms with Crippen LogP contribution in [0.5, 0.6) is 5.75 Å². The van der Waals surface area contributed by atoms with Crippen molar-refractivity contribution in [3.8, 4) is 5.75 Å². The van der Waals surface area contributed by atoms with Crippen LogP contribution in [0.4, 0.5) is 0 Å². The number of hydrogen-bond donors (Lipinski definition) is 1. The molecule has 0 spiro atoms. The average molecular weight is 243 g/mol. The molecule has 3 nitrogen and oxygen atoms in total. The van der Waals surface area contributed by atoms with Gasteiger partial charge >= 0.3 is 0 Å². The van der Waals surface area contributed by atoms with Gasteiger partial charge in [0.05, 0.1) is 12.8 Å². The van der Waals surface area contributed by atoms with E-state index in [-0.39, 0.29) is 0 Å². The highest BCUT2D eigenvalue weighted by atomic mass is 16.5. The molecule has 0 atom stereocenters. The van der Waals surface area contributed by atoms with Gasteiger partial charge in [-0.3, -0.25) is 0 Å². The van der Waals surface area contributed by atoms with Crippen LogP contribution in [-0.2, 0) is 13.1 Å². The quantitative estimate of drug-likeness (QED) is 0.759. The molecule has 2 rings (SSSR count). The van der Waals surface area contributed by atoms with Crippen molar-refractivity contribution in [1.29, 1.82) is 0 Å². The fourth-order valence-corrected chi connectivity index (χ4v) is 1.60. The Morgan fingerprint density at radius 3 is 2.67 bits per heavy atom. The maximum Gasteiger partial charge on any atom is 0.119 e. The van der Waals surface area contributed by atoms with Crippen molar-refractivity contribution in [3.63, 3.8) is 0 Å². The Labute approximate surface area is 107 Å². The van der Waals surface area contributed by atoms with Crippen LogP contribution in [0.15, 0.2) is 59.7 Å². The predicted molar refractivity (Wildman–Crippen MR) is 71.4 cm³/mol. The number of rotatable bonds is 7. The summed E-state index contributed by atoms with van der Waals surface area (Å²) in [5.41, 5.74) is 1.22. The zero-order chi connectivity index (χ0) is 12.6. The first kappa shape index (κ1) is 12.5. The van der Waals surface area contributed by atoms with Crippen molar-refractivity contribution in [2.45, 2.75) is 13.1 Å². The van der Waals surface area contributed by atoms with Gasteiger partial charge in [0.25, 0.3) is 0 Å². The van der Waals surface area contributed by atoms with Crippen LogP contribution in [0, 0.1) is 0 Å². The summed E-state index contributed by atoms with van der Waals surface area (Å²) in [6.07, 6.45) is 3.42. The first-order chi connectivity index (χ1) is 8.88. The van der Waals surface area contributed by atoms with E-state index in [0.29, 0.717) is 6.61 Å². The molecule has 0 amide bonds. The molecule has 18 heavy (non-hydrogen) atoms. The standard InChI is InChI=1S/C15H17NO2/c1-2-9-17-14-7-5-13(6-8-14)11-16-12-15-4-3-10-18-15/h2-8,10,16H,1,9,11-12H2. The molecule has 1 aromatic heterocycles. The molecule has 0 saturated heterocycles. The van der Waals surface area contributed by atoms with Gasteiger partial charge in [0.15, 0.2) is 0 Å². The lowest BCUT2D eigenvalue weighted by Gasteiger charge is -2.06. The monoisotopic (exact) mass is 243 g/mol. The molecule has 1 aromatic carbocycles. The Morgan fingerprint density at radius 2 is 2.00 bits per heavy atom. The molecule has 0 fully saturated rings. The van der Waals surface area contributed by atoms with Crippen LogP contribution >= 0.6 is 0 Å².